The van der Waals surface area contributed by atoms with Crippen LogP contribution in [-0.2, 0) is 9.53 Å². The minimum atomic E-state index is -0.702. The molecular weight excluding hydrogens is 386 g/mol. The highest BCUT2D eigenvalue weighted by Crippen LogP contribution is 2.32. The van der Waals surface area contributed by atoms with Crippen LogP contribution in [0.1, 0.15) is 49.9 Å². The van der Waals surface area contributed by atoms with Gasteiger partial charge < -0.3 is 19.8 Å². The molecule has 1 aliphatic heterocycles. The van der Waals surface area contributed by atoms with Crippen LogP contribution in [0.15, 0.2) is 58.3 Å². The number of allylic oxidation sites excluding steroid dienone is 1. The summed E-state index contributed by atoms with van der Waals surface area (Å²) < 4.78 is 10.5. The lowest BCUT2D eigenvalue weighted by Gasteiger charge is -2.35. The first-order valence-corrected chi connectivity index (χ1v) is 9.76. The van der Waals surface area contributed by atoms with E-state index in [2.05, 4.69) is 10.6 Å². The van der Waals surface area contributed by atoms with Crippen LogP contribution in [0.5, 0.6) is 0 Å². The van der Waals surface area contributed by atoms with Gasteiger partial charge in [-0.15, -0.1) is 0 Å². The molecular formula is C22H25N3O5. The van der Waals surface area contributed by atoms with E-state index >= 15 is 0 Å². The summed E-state index contributed by atoms with van der Waals surface area (Å²) in [6.45, 7) is 7.52. The highest BCUT2D eigenvalue weighted by Gasteiger charge is 2.36. The average molecular weight is 411 g/mol. The average Bonchev–Trinajstić information content (AvgIpc) is 3.22. The van der Waals surface area contributed by atoms with Crippen LogP contribution in [0.3, 0.4) is 0 Å². The first-order chi connectivity index (χ1) is 14.3. The molecule has 0 aliphatic carbocycles. The summed E-state index contributed by atoms with van der Waals surface area (Å²) in [4.78, 5) is 39.2. The molecule has 1 aromatic carbocycles. The molecule has 1 aliphatic rings. The summed E-state index contributed by atoms with van der Waals surface area (Å²) in [5.74, 6) is -0.703. The highest BCUT2D eigenvalue weighted by molar-refractivity contribution is 6.02. The molecule has 0 saturated heterocycles. The number of ether oxygens (including phenoxy) is 1. The normalized spacial score (nSPS) is 16.5. The Morgan fingerprint density at radius 1 is 1.27 bits per heavy atom. The molecule has 158 valence electrons. The van der Waals surface area contributed by atoms with Crippen molar-refractivity contribution in [3.8, 4) is 0 Å². The summed E-state index contributed by atoms with van der Waals surface area (Å²) in [7, 11) is 0. The van der Waals surface area contributed by atoms with Crippen LogP contribution in [0.2, 0.25) is 0 Å². The third kappa shape index (κ3) is 4.37. The Balaban J connectivity index is 1.95. The summed E-state index contributed by atoms with van der Waals surface area (Å²) in [6, 6.07) is 9.14. The quantitative estimate of drug-likeness (QED) is 0.704. The third-order valence-electron chi connectivity index (χ3n) is 4.70. The van der Waals surface area contributed by atoms with Gasteiger partial charge in [-0.1, -0.05) is 12.1 Å². The van der Waals surface area contributed by atoms with E-state index < -0.39 is 17.9 Å². The van der Waals surface area contributed by atoms with Crippen molar-refractivity contribution in [2.75, 3.05) is 11.9 Å². The van der Waals surface area contributed by atoms with Gasteiger partial charge in [0.25, 0.3) is 5.91 Å². The number of urea groups is 1. The van der Waals surface area contributed by atoms with Crippen molar-refractivity contribution in [2.45, 2.75) is 39.8 Å². The fourth-order valence-electron chi connectivity index (χ4n) is 3.35. The van der Waals surface area contributed by atoms with Crippen molar-refractivity contribution in [3.63, 3.8) is 0 Å². The van der Waals surface area contributed by atoms with E-state index in [4.69, 9.17) is 9.15 Å². The number of esters is 1. The molecule has 2 heterocycles. The number of nitrogens with zero attached hydrogens (tertiary/aromatic N) is 1. The lowest BCUT2D eigenvalue weighted by atomic mass is 9.94. The van der Waals surface area contributed by atoms with Gasteiger partial charge in [-0.2, -0.15) is 0 Å². The maximum absolute atomic E-state index is 12.8. The molecule has 30 heavy (non-hydrogen) atoms. The largest absolute Gasteiger partial charge is 0.459 e. The van der Waals surface area contributed by atoms with Crippen LogP contribution in [-0.4, -0.2) is 35.5 Å². The molecule has 0 bridgehead atoms. The van der Waals surface area contributed by atoms with Crippen molar-refractivity contribution in [2.24, 2.45) is 0 Å². The van der Waals surface area contributed by atoms with E-state index in [1.807, 2.05) is 6.92 Å². The maximum atomic E-state index is 12.8. The molecule has 1 atom stereocenters. The number of hydrogen-bond acceptors (Lipinski definition) is 5. The van der Waals surface area contributed by atoms with Crippen LogP contribution >= 0.6 is 0 Å². The van der Waals surface area contributed by atoms with Gasteiger partial charge >= 0.3 is 12.0 Å². The van der Waals surface area contributed by atoms with E-state index in [9.17, 15) is 14.4 Å². The van der Waals surface area contributed by atoms with Crippen LogP contribution in [0.4, 0.5) is 10.5 Å². The number of carbonyl (C=O) groups excluding carboxylic acids is 3. The van der Waals surface area contributed by atoms with E-state index in [0.29, 0.717) is 29.1 Å². The van der Waals surface area contributed by atoms with E-state index in [1.54, 1.807) is 57.2 Å². The molecule has 0 fully saturated rings. The van der Waals surface area contributed by atoms with E-state index in [1.165, 1.54) is 11.2 Å². The Labute approximate surface area is 174 Å². The van der Waals surface area contributed by atoms with E-state index in [-0.39, 0.29) is 17.9 Å². The van der Waals surface area contributed by atoms with Crippen molar-refractivity contribution >= 4 is 23.6 Å². The van der Waals surface area contributed by atoms with E-state index in [0.717, 1.165) is 0 Å². The summed E-state index contributed by atoms with van der Waals surface area (Å²) in [5, 5.41) is 5.63. The lowest BCUT2D eigenvalue weighted by molar-refractivity contribution is -0.143. The van der Waals surface area contributed by atoms with Crippen molar-refractivity contribution in [1.29, 1.82) is 0 Å². The number of carbonyl (C=O) groups is 3. The first-order valence-electron chi connectivity index (χ1n) is 9.76. The van der Waals surface area contributed by atoms with Gasteiger partial charge in [0.15, 0.2) is 5.76 Å². The van der Waals surface area contributed by atoms with Crippen molar-refractivity contribution < 1.29 is 23.5 Å². The fourth-order valence-corrected chi connectivity index (χ4v) is 3.35. The Hall–Kier alpha value is -3.55. The molecule has 3 rings (SSSR count). The van der Waals surface area contributed by atoms with Crippen LogP contribution < -0.4 is 10.6 Å². The minimum absolute atomic E-state index is 0.182. The Kier molecular flexibility index (Phi) is 6.25. The molecule has 8 heteroatoms. The standard InChI is InChI=1S/C22H25N3O5/c1-5-25-14(4)18(21(27)30-13(2)3)19(24-22(25)28)15-8-6-9-16(12-15)23-20(26)17-10-7-11-29-17/h6-13,19H,5H2,1-4H3,(H,23,26)(H,24,28). The molecule has 3 amide bonds. The predicted molar refractivity (Wildman–Crippen MR) is 111 cm³/mol. The zero-order chi connectivity index (χ0) is 21.8. The topological polar surface area (TPSA) is 101 Å². The maximum Gasteiger partial charge on any atom is 0.338 e. The minimum Gasteiger partial charge on any atom is -0.459 e. The Bertz CT molecular complexity index is 978. The monoisotopic (exact) mass is 411 g/mol. The third-order valence-corrected chi connectivity index (χ3v) is 4.70. The number of anilines is 1. The number of hydrogen-bond donors (Lipinski definition) is 2. The Morgan fingerprint density at radius 2 is 2.03 bits per heavy atom. The number of rotatable bonds is 6. The molecule has 0 radical (unpaired) electrons. The van der Waals surface area contributed by atoms with Crippen molar-refractivity contribution in [3.05, 3.63) is 65.3 Å². The van der Waals surface area contributed by atoms with Gasteiger partial charge in [0.1, 0.15) is 0 Å². The molecule has 0 saturated carbocycles. The predicted octanol–water partition coefficient (Wildman–Crippen LogP) is 3.84. The highest BCUT2D eigenvalue weighted by atomic mass is 16.5. The zero-order valence-electron chi connectivity index (χ0n) is 17.4. The zero-order valence-corrected chi connectivity index (χ0v) is 17.4. The second kappa shape index (κ2) is 8.86. The second-order valence-electron chi connectivity index (χ2n) is 7.14. The van der Waals surface area contributed by atoms with Gasteiger partial charge in [0.05, 0.1) is 24.0 Å². The van der Waals surface area contributed by atoms with Crippen LogP contribution in [0.25, 0.3) is 0 Å². The number of benzene rings is 1. The fraction of sp³-hybridized carbons (Fsp3) is 0.318. The van der Waals surface area contributed by atoms with Crippen molar-refractivity contribution in [1.82, 2.24) is 10.2 Å². The molecule has 2 N–H and O–H groups in total. The summed E-state index contributed by atoms with van der Waals surface area (Å²) in [6.07, 6.45) is 1.12. The summed E-state index contributed by atoms with van der Waals surface area (Å²) in [5.41, 5.74) is 2.06. The van der Waals surface area contributed by atoms with Crippen LogP contribution in [0, 0.1) is 0 Å². The first kappa shape index (κ1) is 21.2. The second-order valence-corrected chi connectivity index (χ2v) is 7.14. The molecule has 1 aromatic heterocycles. The van der Waals surface area contributed by atoms with Gasteiger partial charge in [-0.3, -0.25) is 9.69 Å². The van der Waals surface area contributed by atoms with Gasteiger partial charge in [0, 0.05) is 17.9 Å². The molecule has 8 nitrogen and oxygen atoms in total. The SMILES string of the molecule is CCN1C(=O)NC(c2cccc(NC(=O)c3ccco3)c2)C(C(=O)OC(C)C)=C1C. The smallest absolute Gasteiger partial charge is 0.338 e. The Morgan fingerprint density at radius 3 is 2.67 bits per heavy atom. The summed E-state index contributed by atoms with van der Waals surface area (Å²) >= 11 is 0. The van der Waals surface area contributed by atoms with Gasteiger partial charge in [-0.05, 0) is 57.5 Å². The molecule has 0 spiro atoms. The van der Waals surface area contributed by atoms with Gasteiger partial charge in [0.2, 0.25) is 0 Å². The molecule has 2 aromatic rings. The lowest BCUT2D eigenvalue weighted by Crippen LogP contribution is -2.48. The molecule has 1 unspecified atom stereocenters. The van der Waals surface area contributed by atoms with Gasteiger partial charge in [-0.25, -0.2) is 9.59 Å². The number of nitrogens with one attached hydrogen (secondary N) is 2. The number of amides is 3. The number of furan rings is 1.